The number of aryl methyl sites for hydroxylation is 1. The van der Waals surface area contributed by atoms with E-state index in [0.29, 0.717) is 70.6 Å². The number of morpholine rings is 1. The van der Waals surface area contributed by atoms with E-state index in [-0.39, 0.29) is 29.8 Å². The maximum absolute atomic E-state index is 13.2. The van der Waals surface area contributed by atoms with Gasteiger partial charge in [-0.15, -0.1) is 0 Å². The number of carbonyl (C=O) groups is 1. The molecule has 0 saturated carbocycles. The Labute approximate surface area is 267 Å². The normalized spacial score (nSPS) is 19.9. The number of nitrogens with zero attached hydrogens (tertiary/aromatic N) is 6. The summed E-state index contributed by atoms with van der Waals surface area (Å²) in [4.78, 5) is 24.8. The SMILES string of the molecule is CCOc1cc(C(=O)Nc2cc(C(F)(F)F)n(C)n2)ccc1-c1nc([C@H]2CN(C3CCOCC3)[C@@H](C)CO2)n2c(Cl)cnc(N)c12. The molecule has 2 fully saturated rings. The molecule has 1 amide bonds. The van der Waals surface area contributed by atoms with Gasteiger partial charge in [-0.3, -0.25) is 18.8 Å². The minimum Gasteiger partial charge on any atom is -0.493 e. The highest BCUT2D eigenvalue weighted by molar-refractivity contribution is 6.30. The number of hydrogen-bond acceptors (Lipinski definition) is 9. The number of nitrogen functional groups attached to an aromatic ring is 1. The third-order valence-corrected chi connectivity index (χ3v) is 8.58. The van der Waals surface area contributed by atoms with Gasteiger partial charge < -0.3 is 25.3 Å². The van der Waals surface area contributed by atoms with Gasteiger partial charge in [-0.2, -0.15) is 18.3 Å². The molecule has 0 radical (unpaired) electrons. The molecule has 2 atom stereocenters. The number of fused-ring (bicyclic) bond motifs is 1. The van der Waals surface area contributed by atoms with E-state index in [2.05, 4.69) is 27.2 Å². The molecule has 246 valence electrons. The van der Waals surface area contributed by atoms with Crippen molar-refractivity contribution in [3.05, 3.63) is 52.7 Å². The highest BCUT2D eigenvalue weighted by atomic mass is 35.5. The van der Waals surface area contributed by atoms with Gasteiger partial charge >= 0.3 is 6.18 Å². The lowest BCUT2D eigenvalue weighted by Gasteiger charge is -2.43. The van der Waals surface area contributed by atoms with E-state index in [1.165, 1.54) is 18.3 Å². The molecule has 2 saturated heterocycles. The van der Waals surface area contributed by atoms with Gasteiger partial charge in [-0.05, 0) is 44.9 Å². The first kappa shape index (κ1) is 32.0. The quantitative estimate of drug-likeness (QED) is 0.281. The maximum Gasteiger partial charge on any atom is 0.433 e. The van der Waals surface area contributed by atoms with E-state index in [4.69, 9.17) is 36.5 Å². The molecule has 46 heavy (non-hydrogen) atoms. The van der Waals surface area contributed by atoms with Gasteiger partial charge in [0.2, 0.25) is 0 Å². The van der Waals surface area contributed by atoms with Crippen molar-refractivity contribution in [3.8, 4) is 17.0 Å². The van der Waals surface area contributed by atoms with Crippen LogP contribution in [0.25, 0.3) is 16.8 Å². The highest BCUT2D eigenvalue weighted by Gasteiger charge is 2.37. The van der Waals surface area contributed by atoms with Crippen molar-refractivity contribution < 1.29 is 32.2 Å². The molecule has 1 aromatic carbocycles. The molecule has 3 N–H and O–H groups in total. The Kier molecular flexibility index (Phi) is 8.85. The second kappa shape index (κ2) is 12.7. The summed E-state index contributed by atoms with van der Waals surface area (Å²) in [5, 5.41) is 6.49. The first-order valence-electron chi connectivity index (χ1n) is 14.9. The summed E-state index contributed by atoms with van der Waals surface area (Å²) in [5.74, 6) is 0.130. The number of imidazole rings is 1. The van der Waals surface area contributed by atoms with Crippen molar-refractivity contribution in [2.75, 3.05) is 44.0 Å². The van der Waals surface area contributed by atoms with Crippen molar-refractivity contribution in [1.82, 2.24) is 29.0 Å². The zero-order valence-electron chi connectivity index (χ0n) is 25.5. The lowest BCUT2D eigenvalue weighted by molar-refractivity contribution is -0.143. The number of rotatable bonds is 7. The van der Waals surface area contributed by atoms with Gasteiger partial charge in [0, 0.05) is 56.1 Å². The summed E-state index contributed by atoms with van der Waals surface area (Å²) < 4.78 is 60.0. The molecule has 2 aliphatic rings. The van der Waals surface area contributed by atoms with E-state index in [1.54, 1.807) is 17.4 Å². The average Bonchev–Trinajstić information content (AvgIpc) is 3.61. The number of halogens is 4. The fourth-order valence-corrected chi connectivity index (χ4v) is 6.33. The van der Waals surface area contributed by atoms with Crippen LogP contribution in [0, 0.1) is 0 Å². The van der Waals surface area contributed by atoms with E-state index < -0.39 is 23.9 Å². The number of carbonyl (C=O) groups excluding carboxylic acids is 1. The van der Waals surface area contributed by atoms with E-state index in [0.717, 1.165) is 26.0 Å². The second-order valence-corrected chi connectivity index (χ2v) is 11.7. The van der Waals surface area contributed by atoms with Gasteiger partial charge in [-0.25, -0.2) is 9.97 Å². The van der Waals surface area contributed by atoms with Crippen LogP contribution in [0.15, 0.2) is 30.5 Å². The third-order valence-electron chi connectivity index (χ3n) is 8.31. The summed E-state index contributed by atoms with van der Waals surface area (Å²) in [6.07, 6.45) is -1.73. The maximum atomic E-state index is 13.2. The summed E-state index contributed by atoms with van der Waals surface area (Å²) in [6, 6.07) is 5.99. The van der Waals surface area contributed by atoms with Crippen LogP contribution in [-0.4, -0.2) is 80.0 Å². The van der Waals surface area contributed by atoms with Gasteiger partial charge in [-0.1, -0.05) is 11.6 Å². The molecule has 0 aliphatic carbocycles. The molecule has 3 aromatic heterocycles. The lowest BCUT2D eigenvalue weighted by Crippen LogP contribution is -2.52. The minimum atomic E-state index is -4.62. The third kappa shape index (κ3) is 6.11. The molecule has 4 aromatic rings. The van der Waals surface area contributed by atoms with Gasteiger partial charge in [0.1, 0.15) is 45.6 Å². The summed E-state index contributed by atoms with van der Waals surface area (Å²) >= 11 is 6.71. The standard InChI is InChI=1S/C30H34ClF3N8O4/c1-4-45-20-11-17(29(43)37-24-12-22(30(32,33)34)40(3)39-24)5-6-19(20)25-26-27(35)36-13-23(31)42(26)28(38-25)21-14-41(16(2)15-46-21)18-7-9-44-10-8-18/h5-6,11-13,16,18,21H,4,7-10,14-15H2,1-3H3,(H2,35,36)(H,37,39,43)/t16-,21+/m0/s1. The first-order valence-corrected chi connectivity index (χ1v) is 15.3. The Balaban J connectivity index is 1.37. The highest BCUT2D eigenvalue weighted by Crippen LogP contribution is 2.40. The Hall–Kier alpha value is -3.92. The Bertz CT molecular complexity index is 1750. The number of amides is 1. The van der Waals surface area contributed by atoms with Crippen LogP contribution in [0.3, 0.4) is 0 Å². The van der Waals surface area contributed by atoms with Gasteiger partial charge in [0.05, 0.1) is 19.4 Å². The van der Waals surface area contributed by atoms with Gasteiger partial charge in [0.15, 0.2) is 5.82 Å². The largest absolute Gasteiger partial charge is 0.493 e. The van der Waals surface area contributed by atoms with Crippen molar-refractivity contribution in [3.63, 3.8) is 0 Å². The molecular weight excluding hydrogens is 629 g/mol. The average molecular weight is 663 g/mol. The first-order chi connectivity index (χ1) is 22.0. The number of anilines is 2. The molecule has 12 nitrogen and oxygen atoms in total. The van der Waals surface area contributed by atoms with Crippen molar-refractivity contribution >= 4 is 34.7 Å². The fourth-order valence-electron chi connectivity index (χ4n) is 6.11. The summed E-state index contributed by atoms with van der Waals surface area (Å²) in [7, 11) is 1.15. The number of nitrogens with one attached hydrogen (secondary N) is 1. The number of benzene rings is 1. The Morgan fingerprint density at radius 2 is 2.00 bits per heavy atom. The number of aromatic nitrogens is 5. The smallest absolute Gasteiger partial charge is 0.433 e. The lowest BCUT2D eigenvalue weighted by atomic mass is 10.0. The number of nitrogens with two attached hydrogens (primary N) is 1. The molecule has 0 unspecified atom stereocenters. The van der Waals surface area contributed by atoms with Crippen molar-refractivity contribution in [2.45, 2.75) is 51.1 Å². The van der Waals surface area contributed by atoms with Crippen LogP contribution in [0.4, 0.5) is 24.8 Å². The molecule has 0 spiro atoms. The van der Waals surface area contributed by atoms with E-state index in [1.807, 2.05) is 0 Å². The summed E-state index contributed by atoms with van der Waals surface area (Å²) in [6.45, 7) is 6.70. The topological polar surface area (TPSA) is 134 Å². The molecule has 6 rings (SSSR count). The number of hydrogen-bond donors (Lipinski definition) is 2. The summed E-state index contributed by atoms with van der Waals surface area (Å²) in [5.41, 5.74) is 6.95. The van der Waals surface area contributed by atoms with Crippen molar-refractivity contribution in [2.24, 2.45) is 7.05 Å². The van der Waals surface area contributed by atoms with Crippen LogP contribution in [-0.2, 0) is 22.7 Å². The molecular formula is C30H34ClF3N8O4. The predicted molar refractivity (Wildman–Crippen MR) is 164 cm³/mol. The van der Waals surface area contributed by atoms with Crippen LogP contribution >= 0.6 is 11.6 Å². The molecule has 2 aliphatic heterocycles. The van der Waals surface area contributed by atoms with E-state index >= 15 is 0 Å². The predicted octanol–water partition coefficient (Wildman–Crippen LogP) is 4.98. The van der Waals surface area contributed by atoms with Crippen LogP contribution in [0.5, 0.6) is 5.75 Å². The van der Waals surface area contributed by atoms with Crippen LogP contribution < -0.4 is 15.8 Å². The Morgan fingerprint density at radius 1 is 1.24 bits per heavy atom. The second-order valence-electron chi connectivity index (χ2n) is 11.3. The zero-order chi connectivity index (χ0) is 32.7. The van der Waals surface area contributed by atoms with Crippen LogP contribution in [0.2, 0.25) is 5.15 Å². The number of alkyl halides is 3. The monoisotopic (exact) mass is 662 g/mol. The molecule has 5 heterocycles. The number of ether oxygens (including phenoxy) is 3. The molecule has 0 bridgehead atoms. The Morgan fingerprint density at radius 3 is 2.70 bits per heavy atom. The van der Waals surface area contributed by atoms with Crippen molar-refractivity contribution in [1.29, 1.82) is 0 Å². The van der Waals surface area contributed by atoms with E-state index in [9.17, 15) is 18.0 Å². The fraction of sp³-hybridized carbons (Fsp3) is 0.467. The molecule has 16 heteroatoms. The van der Waals surface area contributed by atoms with Crippen LogP contribution in [0.1, 0.15) is 54.7 Å². The van der Waals surface area contributed by atoms with Gasteiger partial charge in [0.25, 0.3) is 5.91 Å². The minimum absolute atomic E-state index is 0.135. The zero-order valence-corrected chi connectivity index (χ0v) is 26.2.